The van der Waals surface area contributed by atoms with Crippen molar-refractivity contribution >= 4 is 22.7 Å². The second-order valence-electron chi connectivity index (χ2n) is 5.14. The zero-order chi connectivity index (χ0) is 14.8. The molecule has 0 aliphatic heterocycles. The third-order valence-electron chi connectivity index (χ3n) is 3.51. The number of benzene rings is 1. The molecule has 0 fully saturated rings. The molecule has 3 rings (SSSR count). The molecule has 0 saturated heterocycles. The summed E-state index contributed by atoms with van der Waals surface area (Å²) >= 11 is 0. The summed E-state index contributed by atoms with van der Waals surface area (Å²) in [4.78, 5) is 15.2. The molecule has 2 heterocycles. The Kier molecular flexibility index (Phi) is 3.44. The van der Waals surface area contributed by atoms with Gasteiger partial charge in [-0.15, -0.1) is 6.58 Å². The van der Waals surface area contributed by atoms with Gasteiger partial charge < -0.3 is 9.97 Å². The lowest BCUT2D eigenvalue weighted by atomic mass is 10.0. The smallest absolute Gasteiger partial charge is 0.103 e. The number of hydrogen-bond donors (Lipinski definition) is 2. The molecule has 0 amide bonds. The average molecular weight is 278 g/mol. The Bertz CT molecular complexity index is 820. The number of imidazole rings is 2. The Morgan fingerprint density at radius 3 is 3.05 bits per heavy atom. The highest BCUT2D eigenvalue weighted by molar-refractivity contribution is 5.85. The first-order valence-corrected chi connectivity index (χ1v) is 6.95. The van der Waals surface area contributed by atoms with Crippen molar-refractivity contribution in [1.29, 1.82) is 0 Å². The molecule has 1 aromatic carbocycles. The topological polar surface area (TPSA) is 57.4 Å². The van der Waals surface area contributed by atoms with Crippen molar-refractivity contribution in [3.8, 4) is 0 Å². The summed E-state index contributed by atoms with van der Waals surface area (Å²) in [6.45, 7) is 7.86. The van der Waals surface area contributed by atoms with Gasteiger partial charge in [-0.1, -0.05) is 12.1 Å². The van der Waals surface area contributed by atoms with Gasteiger partial charge in [0.2, 0.25) is 0 Å². The van der Waals surface area contributed by atoms with Crippen molar-refractivity contribution in [1.82, 2.24) is 19.9 Å². The van der Waals surface area contributed by atoms with Gasteiger partial charge in [0.25, 0.3) is 0 Å². The number of nitrogens with zero attached hydrogens (tertiary/aromatic N) is 2. The molecule has 0 bridgehead atoms. The third-order valence-corrected chi connectivity index (χ3v) is 3.51. The Morgan fingerprint density at radius 2 is 2.24 bits per heavy atom. The highest BCUT2D eigenvalue weighted by atomic mass is 14.9. The first kappa shape index (κ1) is 13.4. The largest absolute Gasteiger partial charge is 0.345 e. The van der Waals surface area contributed by atoms with E-state index in [0.717, 1.165) is 40.2 Å². The molecule has 2 N–H and O–H groups in total. The van der Waals surface area contributed by atoms with Gasteiger partial charge in [-0.2, -0.15) is 0 Å². The van der Waals surface area contributed by atoms with E-state index in [1.807, 2.05) is 19.1 Å². The predicted octanol–water partition coefficient (Wildman–Crippen LogP) is 3.88. The zero-order valence-corrected chi connectivity index (χ0v) is 12.3. The van der Waals surface area contributed by atoms with Gasteiger partial charge in [-0.25, -0.2) is 9.97 Å². The molecule has 4 nitrogen and oxygen atoms in total. The normalized spacial score (nSPS) is 12.0. The van der Waals surface area contributed by atoms with Gasteiger partial charge in [0.1, 0.15) is 5.82 Å². The lowest BCUT2D eigenvalue weighted by molar-refractivity contribution is 1.09. The first-order chi connectivity index (χ1) is 10.2. The summed E-state index contributed by atoms with van der Waals surface area (Å²) in [6.07, 6.45) is 6.50. The maximum absolute atomic E-state index is 4.55. The number of aromatic nitrogens is 4. The van der Waals surface area contributed by atoms with E-state index in [-0.39, 0.29) is 0 Å². The fourth-order valence-electron chi connectivity index (χ4n) is 2.45. The lowest BCUT2D eigenvalue weighted by Crippen LogP contribution is -1.87. The molecule has 3 aromatic rings. The van der Waals surface area contributed by atoms with E-state index in [0.29, 0.717) is 0 Å². The number of hydrogen-bond acceptors (Lipinski definition) is 2. The number of aryl methyl sites for hydroxylation is 1. The van der Waals surface area contributed by atoms with Crippen molar-refractivity contribution in [2.24, 2.45) is 0 Å². The number of fused-ring (bicyclic) bond motifs is 1. The molecule has 0 aliphatic carbocycles. The SMILES string of the molecule is C=CCc1[nH]c(C)nc1/C=C(\C)c1ccc2nc[nH]c2c1. The van der Waals surface area contributed by atoms with Crippen molar-refractivity contribution < 1.29 is 0 Å². The molecule has 0 aliphatic rings. The summed E-state index contributed by atoms with van der Waals surface area (Å²) in [7, 11) is 0. The Morgan fingerprint density at radius 1 is 1.38 bits per heavy atom. The fourth-order valence-corrected chi connectivity index (χ4v) is 2.45. The van der Waals surface area contributed by atoms with Crippen LogP contribution in [0.25, 0.3) is 22.7 Å². The maximum Gasteiger partial charge on any atom is 0.103 e. The minimum Gasteiger partial charge on any atom is -0.345 e. The van der Waals surface area contributed by atoms with Crippen molar-refractivity contribution in [3.63, 3.8) is 0 Å². The maximum atomic E-state index is 4.55. The standard InChI is InChI=1S/C17H18N4/c1-4-5-15-17(21-12(3)20-15)8-11(2)13-6-7-14-16(9-13)19-10-18-14/h4,6-10H,1,5H2,2-3H3,(H,18,19)(H,20,21)/b11-8+. The van der Waals surface area contributed by atoms with E-state index < -0.39 is 0 Å². The summed E-state index contributed by atoms with van der Waals surface area (Å²) in [5.41, 5.74) is 6.44. The molecule has 106 valence electrons. The number of aromatic amines is 2. The second kappa shape index (κ2) is 5.40. The number of H-pyrrole nitrogens is 2. The molecule has 0 radical (unpaired) electrons. The predicted molar refractivity (Wildman–Crippen MR) is 86.9 cm³/mol. The van der Waals surface area contributed by atoms with Crippen molar-refractivity contribution in [2.75, 3.05) is 0 Å². The molecule has 0 spiro atoms. The molecule has 21 heavy (non-hydrogen) atoms. The summed E-state index contributed by atoms with van der Waals surface area (Å²) in [5.74, 6) is 0.926. The van der Waals surface area contributed by atoms with E-state index in [1.165, 1.54) is 5.57 Å². The number of nitrogens with one attached hydrogen (secondary N) is 2. The average Bonchev–Trinajstić information content (AvgIpc) is 3.05. The summed E-state index contributed by atoms with van der Waals surface area (Å²) in [5, 5.41) is 0. The van der Waals surface area contributed by atoms with Crippen LogP contribution in [0.1, 0.15) is 29.7 Å². The molecule has 4 heteroatoms. The van der Waals surface area contributed by atoms with Crippen molar-refractivity contribution in [2.45, 2.75) is 20.3 Å². The second-order valence-corrected chi connectivity index (χ2v) is 5.14. The third kappa shape index (κ3) is 2.65. The van der Waals surface area contributed by atoms with E-state index in [4.69, 9.17) is 0 Å². The molecular weight excluding hydrogens is 260 g/mol. The van der Waals surface area contributed by atoms with Gasteiger partial charge >= 0.3 is 0 Å². The summed E-state index contributed by atoms with van der Waals surface area (Å²) in [6, 6.07) is 6.22. The number of rotatable bonds is 4. The van der Waals surface area contributed by atoms with Crippen LogP contribution in [0, 0.1) is 6.92 Å². The van der Waals surface area contributed by atoms with Crippen LogP contribution in [-0.2, 0) is 6.42 Å². The van der Waals surface area contributed by atoms with Crippen LogP contribution in [0.4, 0.5) is 0 Å². The van der Waals surface area contributed by atoms with Crippen LogP contribution in [-0.4, -0.2) is 19.9 Å². The van der Waals surface area contributed by atoms with E-state index in [9.17, 15) is 0 Å². The molecule has 2 aromatic heterocycles. The van der Waals surface area contributed by atoms with E-state index in [1.54, 1.807) is 6.33 Å². The molecule has 0 unspecified atom stereocenters. The van der Waals surface area contributed by atoms with Crippen LogP contribution >= 0.6 is 0 Å². The van der Waals surface area contributed by atoms with Gasteiger partial charge in [0.05, 0.1) is 23.1 Å². The van der Waals surface area contributed by atoms with Crippen LogP contribution in [0.15, 0.2) is 37.2 Å². The van der Waals surface area contributed by atoms with Crippen LogP contribution < -0.4 is 0 Å². The monoisotopic (exact) mass is 278 g/mol. The van der Waals surface area contributed by atoms with Gasteiger partial charge in [0.15, 0.2) is 0 Å². The van der Waals surface area contributed by atoms with E-state index >= 15 is 0 Å². The minimum atomic E-state index is 0.791. The minimum absolute atomic E-state index is 0.791. The van der Waals surface area contributed by atoms with Gasteiger partial charge in [-0.05, 0) is 43.2 Å². The van der Waals surface area contributed by atoms with Crippen LogP contribution in [0.2, 0.25) is 0 Å². The Hall–Kier alpha value is -2.62. The van der Waals surface area contributed by atoms with Gasteiger partial charge in [-0.3, -0.25) is 0 Å². The van der Waals surface area contributed by atoms with E-state index in [2.05, 4.69) is 51.6 Å². The quantitative estimate of drug-likeness (QED) is 0.711. The fraction of sp³-hybridized carbons (Fsp3) is 0.176. The van der Waals surface area contributed by atoms with Crippen molar-refractivity contribution in [3.05, 3.63) is 60.0 Å². The Labute approximate surface area is 123 Å². The number of allylic oxidation sites excluding steroid dienone is 2. The lowest BCUT2D eigenvalue weighted by Gasteiger charge is -2.02. The molecule has 0 saturated carbocycles. The molecule has 0 atom stereocenters. The Balaban J connectivity index is 1.99. The zero-order valence-electron chi connectivity index (χ0n) is 12.3. The first-order valence-electron chi connectivity index (χ1n) is 6.95. The highest BCUT2D eigenvalue weighted by Crippen LogP contribution is 2.22. The van der Waals surface area contributed by atoms with Gasteiger partial charge in [0, 0.05) is 12.1 Å². The molecular formula is C17H18N4. The van der Waals surface area contributed by atoms with Crippen LogP contribution in [0.5, 0.6) is 0 Å². The van der Waals surface area contributed by atoms with Crippen LogP contribution in [0.3, 0.4) is 0 Å². The highest BCUT2D eigenvalue weighted by Gasteiger charge is 2.06. The summed E-state index contributed by atoms with van der Waals surface area (Å²) < 4.78 is 0.